The summed E-state index contributed by atoms with van der Waals surface area (Å²) >= 11 is 0. The van der Waals surface area contributed by atoms with Gasteiger partial charge in [-0.3, -0.25) is 4.98 Å². The molecule has 0 fully saturated rings. The lowest BCUT2D eigenvalue weighted by Gasteiger charge is -2.08. The molecule has 1 aromatic rings. The highest BCUT2D eigenvalue weighted by atomic mass is 16.5. The van der Waals surface area contributed by atoms with Crippen molar-refractivity contribution < 1.29 is 4.74 Å². The van der Waals surface area contributed by atoms with Gasteiger partial charge in [-0.1, -0.05) is 34.6 Å². The third-order valence-electron chi connectivity index (χ3n) is 1.53. The topological polar surface area (TPSA) is 22.1 Å². The van der Waals surface area contributed by atoms with Gasteiger partial charge in [-0.05, 0) is 32.4 Å². The minimum atomic E-state index is 0.222. The standard InChI is InChI=1S/C10H15NO.2C2H6/c1-4-9-5-6-10(7-11-9)12-8(2)3;2*1-2/h5-8H,4H2,1-3H3;2*1-2H3. The molecule has 0 N–H and O–H groups in total. The summed E-state index contributed by atoms with van der Waals surface area (Å²) in [5.74, 6) is 0.849. The Morgan fingerprint density at radius 2 is 1.69 bits per heavy atom. The number of aromatic nitrogens is 1. The van der Waals surface area contributed by atoms with E-state index in [1.54, 1.807) is 6.20 Å². The van der Waals surface area contributed by atoms with Gasteiger partial charge in [0, 0.05) is 5.69 Å². The lowest BCUT2D eigenvalue weighted by molar-refractivity contribution is 0.241. The van der Waals surface area contributed by atoms with E-state index in [2.05, 4.69) is 11.9 Å². The van der Waals surface area contributed by atoms with Crippen LogP contribution in [0.25, 0.3) is 0 Å². The summed E-state index contributed by atoms with van der Waals surface area (Å²) in [5.41, 5.74) is 1.10. The van der Waals surface area contributed by atoms with Crippen molar-refractivity contribution in [3.8, 4) is 5.75 Å². The molecular weight excluding hydrogens is 198 g/mol. The van der Waals surface area contributed by atoms with E-state index in [0.29, 0.717) is 0 Å². The average Bonchev–Trinajstić information content (AvgIpc) is 2.34. The van der Waals surface area contributed by atoms with Crippen molar-refractivity contribution in [2.75, 3.05) is 0 Å². The number of rotatable bonds is 3. The van der Waals surface area contributed by atoms with Gasteiger partial charge < -0.3 is 4.74 Å². The van der Waals surface area contributed by atoms with Crippen molar-refractivity contribution in [3.63, 3.8) is 0 Å². The molecule has 1 rings (SSSR count). The third kappa shape index (κ3) is 8.27. The Balaban J connectivity index is 0. The number of pyridine rings is 1. The van der Waals surface area contributed by atoms with Crippen molar-refractivity contribution in [1.82, 2.24) is 4.98 Å². The van der Waals surface area contributed by atoms with Crippen LogP contribution in [0.2, 0.25) is 0 Å². The number of ether oxygens (including phenoxy) is 1. The maximum Gasteiger partial charge on any atom is 0.137 e. The van der Waals surface area contributed by atoms with E-state index >= 15 is 0 Å². The van der Waals surface area contributed by atoms with E-state index in [4.69, 9.17) is 4.74 Å². The fraction of sp³-hybridized carbons (Fsp3) is 0.643. The normalized spacial score (nSPS) is 8.50. The van der Waals surface area contributed by atoms with E-state index in [1.807, 2.05) is 53.7 Å². The molecule has 0 aliphatic heterocycles. The molecule has 0 saturated heterocycles. The Kier molecular flexibility index (Phi) is 13.0. The zero-order valence-corrected chi connectivity index (χ0v) is 11.9. The number of hydrogen-bond donors (Lipinski definition) is 0. The van der Waals surface area contributed by atoms with Crippen molar-refractivity contribution in [3.05, 3.63) is 24.0 Å². The predicted molar refractivity (Wildman–Crippen MR) is 72.1 cm³/mol. The SMILES string of the molecule is CC.CC.CCc1ccc(OC(C)C)cn1. The van der Waals surface area contributed by atoms with E-state index in [9.17, 15) is 0 Å². The van der Waals surface area contributed by atoms with Crippen LogP contribution in [0.15, 0.2) is 18.3 Å². The molecule has 2 nitrogen and oxygen atoms in total. The minimum absolute atomic E-state index is 0.222. The molecule has 0 atom stereocenters. The smallest absolute Gasteiger partial charge is 0.137 e. The summed E-state index contributed by atoms with van der Waals surface area (Å²) in [6.45, 7) is 14.1. The van der Waals surface area contributed by atoms with Gasteiger partial charge in [0.15, 0.2) is 0 Å². The van der Waals surface area contributed by atoms with Crippen molar-refractivity contribution in [2.24, 2.45) is 0 Å². The largest absolute Gasteiger partial charge is 0.489 e. The van der Waals surface area contributed by atoms with Gasteiger partial charge in [0.25, 0.3) is 0 Å². The molecule has 2 heteroatoms. The van der Waals surface area contributed by atoms with E-state index < -0.39 is 0 Å². The van der Waals surface area contributed by atoms with Gasteiger partial charge in [-0.2, -0.15) is 0 Å². The van der Waals surface area contributed by atoms with Crippen molar-refractivity contribution in [1.29, 1.82) is 0 Å². The van der Waals surface area contributed by atoms with Gasteiger partial charge >= 0.3 is 0 Å². The Morgan fingerprint density at radius 1 is 1.12 bits per heavy atom. The summed E-state index contributed by atoms with van der Waals surface area (Å²) < 4.78 is 5.45. The van der Waals surface area contributed by atoms with Gasteiger partial charge in [0.2, 0.25) is 0 Å². The first-order chi connectivity index (χ1) is 7.72. The first-order valence-corrected chi connectivity index (χ1v) is 6.34. The van der Waals surface area contributed by atoms with Crippen LogP contribution in [0.3, 0.4) is 0 Å². The lowest BCUT2D eigenvalue weighted by atomic mass is 10.3. The summed E-state index contributed by atoms with van der Waals surface area (Å²) in [5, 5.41) is 0. The van der Waals surface area contributed by atoms with Crippen LogP contribution in [0.5, 0.6) is 5.75 Å². The van der Waals surface area contributed by atoms with Gasteiger partial charge in [0.05, 0.1) is 12.3 Å². The van der Waals surface area contributed by atoms with Crippen LogP contribution in [0.1, 0.15) is 54.2 Å². The molecule has 0 amide bonds. The molecule has 0 radical (unpaired) electrons. The van der Waals surface area contributed by atoms with Crippen molar-refractivity contribution in [2.45, 2.75) is 61.0 Å². The van der Waals surface area contributed by atoms with Crippen LogP contribution in [0.4, 0.5) is 0 Å². The molecule has 16 heavy (non-hydrogen) atoms. The van der Waals surface area contributed by atoms with Crippen molar-refractivity contribution >= 4 is 0 Å². The highest BCUT2D eigenvalue weighted by Gasteiger charge is 1.97. The molecule has 0 aromatic carbocycles. The number of hydrogen-bond acceptors (Lipinski definition) is 2. The second kappa shape index (κ2) is 12.0. The summed E-state index contributed by atoms with van der Waals surface area (Å²) in [6.07, 6.45) is 2.97. The average molecular weight is 225 g/mol. The quantitative estimate of drug-likeness (QED) is 0.756. The maximum atomic E-state index is 5.45. The monoisotopic (exact) mass is 225 g/mol. The third-order valence-corrected chi connectivity index (χ3v) is 1.53. The van der Waals surface area contributed by atoms with E-state index in [1.165, 1.54) is 0 Å². The predicted octanol–water partition coefficient (Wildman–Crippen LogP) is 4.48. The fourth-order valence-corrected chi connectivity index (χ4v) is 0.962. The molecule has 1 aromatic heterocycles. The van der Waals surface area contributed by atoms with E-state index in [-0.39, 0.29) is 6.10 Å². The molecule has 0 saturated carbocycles. The number of nitrogens with zero attached hydrogens (tertiary/aromatic N) is 1. The Morgan fingerprint density at radius 3 is 2.00 bits per heavy atom. The first kappa shape index (κ1) is 17.3. The minimum Gasteiger partial charge on any atom is -0.489 e. The van der Waals surface area contributed by atoms with Gasteiger partial charge in [-0.25, -0.2) is 0 Å². The fourth-order valence-electron chi connectivity index (χ4n) is 0.962. The molecule has 0 bridgehead atoms. The summed E-state index contributed by atoms with van der Waals surface area (Å²) in [6, 6.07) is 3.96. The second-order valence-corrected chi connectivity index (χ2v) is 3.01. The summed E-state index contributed by atoms with van der Waals surface area (Å²) in [4.78, 5) is 4.23. The highest BCUT2D eigenvalue weighted by Crippen LogP contribution is 2.10. The maximum absolute atomic E-state index is 5.45. The molecule has 0 spiro atoms. The van der Waals surface area contributed by atoms with Crippen LogP contribution < -0.4 is 4.74 Å². The van der Waals surface area contributed by atoms with E-state index in [0.717, 1.165) is 17.9 Å². The van der Waals surface area contributed by atoms with Crippen LogP contribution in [-0.4, -0.2) is 11.1 Å². The molecule has 0 aliphatic carbocycles. The number of aryl methyl sites for hydroxylation is 1. The first-order valence-electron chi connectivity index (χ1n) is 6.34. The molecule has 0 aliphatic rings. The Bertz CT molecular complexity index is 229. The Labute approximate surface area is 101 Å². The van der Waals surface area contributed by atoms with Crippen LogP contribution in [0, 0.1) is 0 Å². The molecule has 0 unspecified atom stereocenters. The summed E-state index contributed by atoms with van der Waals surface area (Å²) in [7, 11) is 0. The van der Waals surface area contributed by atoms with Crippen LogP contribution >= 0.6 is 0 Å². The van der Waals surface area contributed by atoms with Gasteiger partial charge in [-0.15, -0.1) is 0 Å². The molecule has 94 valence electrons. The second-order valence-electron chi connectivity index (χ2n) is 3.01. The lowest BCUT2D eigenvalue weighted by Crippen LogP contribution is -2.05. The molecular formula is C14H27NO. The van der Waals surface area contributed by atoms with Crippen LogP contribution in [-0.2, 0) is 6.42 Å². The highest BCUT2D eigenvalue weighted by molar-refractivity contribution is 5.19. The molecule has 1 heterocycles. The zero-order valence-electron chi connectivity index (χ0n) is 11.9. The zero-order chi connectivity index (χ0) is 13.0. The Hall–Kier alpha value is -1.05. The van der Waals surface area contributed by atoms with Gasteiger partial charge in [0.1, 0.15) is 5.75 Å².